The van der Waals surface area contributed by atoms with Crippen LogP contribution in [0.5, 0.6) is 23.0 Å². The number of carbonyl (C=O) groups excluding carboxylic acids is 2. The van der Waals surface area contributed by atoms with Gasteiger partial charge in [0.25, 0.3) is 0 Å². The number of unbranched alkanes of at least 4 members (excludes halogenated alkanes) is 5. The number of methoxy groups -OCH3 is 4. The Morgan fingerprint density at radius 1 is 0.632 bits per heavy atom. The molecule has 0 aromatic heterocycles. The van der Waals surface area contributed by atoms with Crippen LogP contribution in [-0.2, 0) is 9.59 Å². The standard InChI is InChI=1S/C28H38N4O6/c1-35-23-13-15-25(37-3)21(17-23)19-29-31-27(33)11-9-7-5-6-8-10-12-28(34)32-30-20-22-18-24(36-2)14-16-26(22)38-4/h13-20H,5-12H2,1-4H3,(H,31,33)(H,32,34)/b29-19-,30-20+. The van der Waals surface area contributed by atoms with E-state index in [1.165, 1.54) is 12.4 Å². The third kappa shape index (κ3) is 10.9. The van der Waals surface area contributed by atoms with Gasteiger partial charge in [0.05, 0.1) is 40.9 Å². The quantitative estimate of drug-likeness (QED) is 0.179. The fourth-order valence-electron chi connectivity index (χ4n) is 3.62. The van der Waals surface area contributed by atoms with Crippen molar-refractivity contribution in [1.29, 1.82) is 0 Å². The molecule has 2 rings (SSSR count). The van der Waals surface area contributed by atoms with Crippen LogP contribution in [0.15, 0.2) is 46.6 Å². The first-order valence-corrected chi connectivity index (χ1v) is 12.6. The molecule has 0 radical (unpaired) electrons. The van der Waals surface area contributed by atoms with Crippen LogP contribution in [0.2, 0.25) is 0 Å². The highest BCUT2D eigenvalue weighted by molar-refractivity contribution is 5.86. The number of nitrogens with one attached hydrogen (secondary N) is 2. The molecule has 10 heteroatoms. The number of hydrazone groups is 2. The van der Waals surface area contributed by atoms with Crippen molar-refractivity contribution < 1.29 is 28.5 Å². The number of hydrogen-bond donors (Lipinski definition) is 2. The van der Waals surface area contributed by atoms with E-state index in [-0.39, 0.29) is 11.8 Å². The lowest BCUT2D eigenvalue weighted by Gasteiger charge is -2.07. The van der Waals surface area contributed by atoms with Gasteiger partial charge in [-0.1, -0.05) is 25.7 Å². The van der Waals surface area contributed by atoms with Crippen LogP contribution in [0.25, 0.3) is 0 Å². The number of carbonyl (C=O) groups is 2. The zero-order valence-electron chi connectivity index (χ0n) is 22.6. The Labute approximate surface area is 224 Å². The van der Waals surface area contributed by atoms with Crippen molar-refractivity contribution in [3.8, 4) is 23.0 Å². The Balaban J connectivity index is 1.55. The van der Waals surface area contributed by atoms with E-state index in [1.807, 2.05) is 0 Å². The maximum atomic E-state index is 12.0. The van der Waals surface area contributed by atoms with Gasteiger partial charge in [-0.15, -0.1) is 0 Å². The van der Waals surface area contributed by atoms with Gasteiger partial charge in [0.1, 0.15) is 23.0 Å². The highest BCUT2D eigenvalue weighted by Gasteiger charge is 2.05. The first-order chi connectivity index (χ1) is 18.5. The Kier molecular flexibility index (Phi) is 13.8. The summed E-state index contributed by atoms with van der Waals surface area (Å²) < 4.78 is 21.0. The molecule has 10 nitrogen and oxygen atoms in total. The third-order valence-corrected chi connectivity index (χ3v) is 5.72. The largest absolute Gasteiger partial charge is 0.497 e. The average molecular weight is 527 g/mol. The molecule has 0 bridgehead atoms. The van der Waals surface area contributed by atoms with Crippen molar-refractivity contribution in [2.24, 2.45) is 10.2 Å². The van der Waals surface area contributed by atoms with E-state index in [9.17, 15) is 9.59 Å². The summed E-state index contributed by atoms with van der Waals surface area (Å²) >= 11 is 0. The van der Waals surface area contributed by atoms with Crippen molar-refractivity contribution in [1.82, 2.24) is 10.9 Å². The van der Waals surface area contributed by atoms with Gasteiger partial charge in [-0.2, -0.15) is 10.2 Å². The van der Waals surface area contributed by atoms with Crippen molar-refractivity contribution in [2.45, 2.75) is 51.4 Å². The lowest BCUT2D eigenvalue weighted by atomic mass is 10.1. The van der Waals surface area contributed by atoms with Gasteiger partial charge in [-0.05, 0) is 49.2 Å². The van der Waals surface area contributed by atoms with Gasteiger partial charge >= 0.3 is 0 Å². The summed E-state index contributed by atoms with van der Waals surface area (Å²) in [7, 11) is 6.32. The Morgan fingerprint density at radius 3 is 1.39 bits per heavy atom. The predicted molar refractivity (Wildman–Crippen MR) is 148 cm³/mol. The summed E-state index contributed by atoms with van der Waals surface area (Å²) in [5.74, 6) is 2.38. The smallest absolute Gasteiger partial charge is 0.240 e. The minimum Gasteiger partial charge on any atom is -0.497 e. The first-order valence-electron chi connectivity index (χ1n) is 12.6. The van der Waals surface area contributed by atoms with E-state index >= 15 is 0 Å². The lowest BCUT2D eigenvalue weighted by Crippen LogP contribution is -2.17. The highest BCUT2D eigenvalue weighted by Crippen LogP contribution is 2.23. The number of ether oxygens (including phenoxy) is 4. The van der Waals surface area contributed by atoms with Gasteiger partial charge in [0, 0.05) is 24.0 Å². The molecule has 38 heavy (non-hydrogen) atoms. The van der Waals surface area contributed by atoms with Crippen LogP contribution < -0.4 is 29.8 Å². The topological polar surface area (TPSA) is 120 Å². The maximum absolute atomic E-state index is 12.0. The Bertz CT molecular complexity index is 1000. The molecule has 0 aliphatic heterocycles. The molecule has 2 aromatic rings. The molecule has 2 N–H and O–H groups in total. The Hall–Kier alpha value is -4.08. The molecule has 2 aromatic carbocycles. The van der Waals surface area contributed by atoms with E-state index in [2.05, 4.69) is 21.1 Å². The van der Waals surface area contributed by atoms with E-state index < -0.39 is 0 Å². The summed E-state index contributed by atoms with van der Waals surface area (Å²) in [5, 5.41) is 8.03. The summed E-state index contributed by atoms with van der Waals surface area (Å²) in [6.45, 7) is 0. The molecule has 0 atom stereocenters. The minimum absolute atomic E-state index is 0.132. The molecule has 0 fully saturated rings. The SMILES string of the molecule is COc1ccc(OC)c(/C=N\NC(=O)CCCCCCCCC(=O)N/N=C/c2cc(OC)ccc2OC)c1. The average Bonchev–Trinajstić information content (AvgIpc) is 2.94. The second-order valence-corrected chi connectivity index (χ2v) is 8.42. The number of rotatable bonds is 17. The maximum Gasteiger partial charge on any atom is 0.240 e. The van der Waals surface area contributed by atoms with Gasteiger partial charge in [-0.3, -0.25) is 9.59 Å². The minimum atomic E-state index is -0.132. The van der Waals surface area contributed by atoms with Gasteiger partial charge in [0.2, 0.25) is 11.8 Å². The van der Waals surface area contributed by atoms with Crippen molar-refractivity contribution in [3.05, 3.63) is 47.5 Å². The summed E-state index contributed by atoms with van der Waals surface area (Å²) in [6.07, 6.45) is 9.36. The van der Waals surface area contributed by atoms with Gasteiger partial charge in [-0.25, -0.2) is 10.9 Å². The first kappa shape index (κ1) is 30.1. The molecule has 0 aliphatic carbocycles. The van der Waals surface area contributed by atoms with Crippen LogP contribution in [0, 0.1) is 0 Å². The van der Waals surface area contributed by atoms with E-state index in [1.54, 1.807) is 64.8 Å². The van der Waals surface area contributed by atoms with Gasteiger partial charge < -0.3 is 18.9 Å². The molecular formula is C28H38N4O6. The van der Waals surface area contributed by atoms with E-state index in [4.69, 9.17) is 18.9 Å². The van der Waals surface area contributed by atoms with Gasteiger partial charge in [0.15, 0.2) is 0 Å². The normalized spacial score (nSPS) is 10.9. The number of benzene rings is 2. The molecule has 2 amide bonds. The molecule has 0 heterocycles. The molecular weight excluding hydrogens is 488 g/mol. The van der Waals surface area contributed by atoms with Crippen molar-refractivity contribution >= 4 is 24.2 Å². The Morgan fingerprint density at radius 2 is 1.03 bits per heavy atom. The summed E-state index contributed by atoms with van der Waals surface area (Å²) in [4.78, 5) is 24.0. The zero-order valence-corrected chi connectivity index (χ0v) is 22.6. The van der Waals surface area contributed by atoms with E-state index in [0.29, 0.717) is 47.0 Å². The molecule has 206 valence electrons. The fraction of sp³-hybridized carbons (Fsp3) is 0.429. The van der Waals surface area contributed by atoms with Crippen LogP contribution in [0.1, 0.15) is 62.5 Å². The van der Waals surface area contributed by atoms with Crippen LogP contribution in [0.3, 0.4) is 0 Å². The second kappa shape index (κ2) is 17.4. The molecule has 0 spiro atoms. The van der Waals surface area contributed by atoms with Crippen LogP contribution >= 0.6 is 0 Å². The summed E-state index contributed by atoms with van der Waals surface area (Å²) in [5.41, 5.74) is 6.52. The van der Waals surface area contributed by atoms with Crippen LogP contribution in [0.4, 0.5) is 0 Å². The van der Waals surface area contributed by atoms with Crippen LogP contribution in [-0.4, -0.2) is 52.7 Å². The van der Waals surface area contributed by atoms with Crippen molar-refractivity contribution in [2.75, 3.05) is 28.4 Å². The second-order valence-electron chi connectivity index (χ2n) is 8.42. The number of nitrogens with zero attached hydrogens (tertiary/aromatic N) is 2. The molecule has 0 saturated heterocycles. The monoisotopic (exact) mass is 526 g/mol. The lowest BCUT2D eigenvalue weighted by molar-refractivity contribution is -0.122. The number of amides is 2. The summed E-state index contributed by atoms with van der Waals surface area (Å²) in [6, 6.07) is 10.7. The fourth-order valence-corrected chi connectivity index (χ4v) is 3.62. The third-order valence-electron chi connectivity index (χ3n) is 5.72. The zero-order chi connectivity index (χ0) is 27.6. The molecule has 0 unspecified atom stereocenters. The van der Waals surface area contributed by atoms with E-state index in [0.717, 1.165) is 38.5 Å². The van der Waals surface area contributed by atoms with Crippen molar-refractivity contribution in [3.63, 3.8) is 0 Å². The molecule has 0 aliphatic rings. The predicted octanol–water partition coefficient (Wildman–Crippen LogP) is 4.44. The number of hydrogen-bond acceptors (Lipinski definition) is 8. The molecule has 0 saturated carbocycles. The highest BCUT2D eigenvalue weighted by atomic mass is 16.5.